The zero-order chi connectivity index (χ0) is 21.0. The van der Waals surface area contributed by atoms with Crippen molar-refractivity contribution >= 4 is 23.0 Å². The number of benzene rings is 1. The molecular formula is C22H30N2O5. The lowest BCUT2D eigenvalue weighted by Gasteiger charge is -2.28. The number of aryl methyl sites for hydroxylation is 1. The summed E-state index contributed by atoms with van der Waals surface area (Å²) in [6, 6.07) is 7.76. The van der Waals surface area contributed by atoms with Gasteiger partial charge in [-0.05, 0) is 46.6 Å². The minimum Gasteiger partial charge on any atom is -0.459 e. The molecule has 0 radical (unpaired) electrons. The Balaban J connectivity index is 1.61. The second kappa shape index (κ2) is 8.86. The van der Waals surface area contributed by atoms with Gasteiger partial charge in [0.1, 0.15) is 23.5 Å². The van der Waals surface area contributed by atoms with E-state index < -0.39 is 11.7 Å². The molecule has 2 heterocycles. The van der Waals surface area contributed by atoms with E-state index >= 15 is 0 Å². The smallest absolute Gasteiger partial charge is 0.410 e. The highest BCUT2D eigenvalue weighted by Crippen LogP contribution is 2.24. The third kappa shape index (κ3) is 5.73. The van der Waals surface area contributed by atoms with E-state index in [1.807, 2.05) is 31.2 Å². The van der Waals surface area contributed by atoms with Crippen LogP contribution in [0.1, 0.15) is 44.9 Å². The number of furan rings is 1. The summed E-state index contributed by atoms with van der Waals surface area (Å²) in [5.74, 6) is 0.441. The molecular weight excluding hydrogens is 372 g/mol. The van der Waals surface area contributed by atoms with Crippen molar-refractivity contribution in [2.24, 2.45) is 0 Å². The van der Waals surface area contributed by atoms with Crippen LogP contribution in [0.3, 0.4) is 0 Å². The van der Waals surface area contributed by atoms with Gasteiger partial charge in [0.05, 0.1) is 19.2 Å². The number of para-hydroxylation sites is 1. The number of hydrogen-bond donors (Lipinski definition) is 1. The van der Waals surface area contributed by atoms with Crippen LogP contribution in [0.5, 0.6) is 0 Å². The van der Waals surface area contributed by atoms with E-state index in [4.69, 9.17) is 13.9 Å². The molecule has 1 saturated heterocycles. The first-order valence-corrected chi connectivity index (χ1v) is 10.1. The first-order valence-electron chi connectivity index (χ1n) is 10.1. The monoisotopic (exact) mass is 402 g/mol. The van der Waals surface area contributed by atoms with Crippen LogP contribution in [0.2, 0.25) is 0 Å². The maximum Gasteiger partial charge on any atom is 0.410 e. The Labute approximate surface area is 171 Å². The van der Waals surface area contributed by atoms with Crippen molar-refractivity contribution in [3.05, 3.63) is 35.6 Å². The number of fused-ring (bicyclic) bond motifs is 1. The summed E-state index contributed by atoms with van der Waals surface area (Å²) in [5, 5.41) is 3.88. The molecule has 1 aliphatic rings. The molecule has 0 saturated carbocycles. The van der Waals surface area contributed by atoms with Gasteiger partial charge in [-0.1, -0.05) is 18.2 Å². The fourth-order valence-electron chi connectivity index (χ4n) is 3.37. The molecule has 2 amide bonds. The summed E-state index contributed by atoms with van der Waals surface area (Å²) < 4.78 is 16.9. The predicted molar refractivity (Wildman–Crippen MR) is 110 cm³/mol. The second-order valence-corrected chi connectivity index (χ2v) is 8.42. The Hall–Kier alpha value is -2.54. The van der Waals surface area contributed by atoms with Crippen molar-refractivity contribution in [1.82, 2.24) is 10.2 Å². The van der Waals surface area contributed by atoms with Crippen molar-refractivity contribution < 1.29 is 23.5 Å². The zero-order valence-electron chi connectivity index (χ0n) is 17.6. The van der Waals surface area contributed by atoms with E-state index in [0.717, 1.165) is 29.4 Å². The van der Waals surface area contributed by atoms with E-state index in [-0.39, 0.29) is 25.1 Å². The highest BCUT2D eigenvalue weighted by Gasteiger charge is 2.28. The molecule has 1 aliphatic heterocycles. The first kappa shape index (κ1) is 21.2. The summed E-state index contributed by atoms with van der Waals surface area (Å²) in [6.45, 7) is 8.59. The zero-order valence-corrected chi connectivity index (χ0v) is 17.6. The minimum atomic E-state index is -0.631. The van der Waals surface area contributed by atoms with Crippen LogP contribution in [-0.4, -0.2) is 48.3 Å². The van der Waals surface area contributed by atoms with Crippen molar-refractivity contribution in [3.8, 4) is 0 Å². The number of amides is 2. The van der Waals surface area contributed by atoms with E-state index in [1.54, 1.807) is 20.8 Å². The Morgan fingerprint density at radius 1 is 1.28 bits per heavy atom. The lowest BCUT2D eigenvalue weighted by Crippen LogP contribution is -2.46. The number of hydrogen-bond acceptors (Lipinski definition) is 5. The quantitative estimate of drug-likeness (QED) is 0.795. The molecule has 7 heteroatoms. The molecule has 2 aromatic rings. The molecule has 0 aliphatic carbocycles. The normalized spacial score (nSPS) is 16.8. The molecule has 29 heavy (non-hydrogen) atoms. The van der Waals surface area contributed by atoms with Gasteiger partial charge in [-0.25, -0.2) is 4.79 Å². The highest BCUT2D eigenvalue weighted by molar-refractivity contribution is 5.83. The van der Waals surface area contributed by atoms with Gasteiger partial charge in [0, 0.05) is 17.6 Å². The van der Waals surface area contributed by atoms with Crippen molar-refractivity contribution in [2.45, 2.75) is 58.8 Å². The summed E-state index contributed by atoms with van der Waals surface area (Å²) in [4.78, 5) is 26.6. The van der Waals surface area contributed by atoms with Crippen molar-refractivity contribution in [1.29, 1.82) is 0 Å². The lowest BCUT2D eigenvalue weighted by molar-refractivity contribution is -0.122. The third-order valence-corrected chi connectivity index (χ3v) is 4.82. The molecule has 1 aromatic carbocycles. The molecule has 1 fully saturated rings. The standard InChI is InChI=1S/C22H30N2O5/c1-15-17-9-5-6-10-18(17)28-19(15)12-23-20(25)14-24(13-16-8-7-11-27-16)21(26)29-22(2,3)4/h5-6,9-10,16H,7-8,11-14H2,1-4H3,(H,23,25). The van der Waals surface area contributed by atoms with E-state index in [1.165, 1.54) is 4.90 Å². The van der Waals surface area contributed by atoms with Gasteiger partial charge in [0.15, 0.2) is 0 Å². The Morgan fingerprint density at radius 2 is 2.03 bits per heavy atom. The SMILES string of the molecule is Cc1c(CNC(=O)CN(CC2CCCO2)C(=O)OC(C)(C)C)oc2ccccc12. The van der Waals surface area contributed by atoms with Crippen LogP contribution >= 0.6 is 0 Å². The Bertz CT molecular complexity index is 862. The van der Waals surface area contributed by atoms with Crippen LogP contribution in [-0.2, 0) is 20.8 Å². The number of nitrogens with one attached hydrogen (secondary N) is 1. The first-order chi connectivity index (χ1) is 13.7. The number of carbonyl (C=O) groups excluding carboxylic acids is 2. The number of nitrogens with zero attached hydrogens (tertiary/aromatic N) is 1. The highest BCUT2D eigenvalue weighted by atomic mass is 16.6. The van der Waals surface area contributed by atoms with Gasteiger partial charge in [0.2, 0.25) is 5.91 Å². The van der Waals surface area contributed by atoms with Crippen molar-refractivity contribution in [2.75, 3.05) is 19.7 Å². The second-order valence-electron chi connectivity index (χ2n) is 8.42. The van der Waals surface area contributed by atoms with E-state index in [9.17, 15) is 9.59 Å². The number of carbonyl (C=O) groups is 2. The molecule has 3 rings (SSSR count). The largest absolute Gasteiger partial charge is 0.459 e. The predicted octanol–water partition coefficient (Wildman–Crippen LogP) is 3.77. The van der Waals surface area contributed by atoms with Crippen LogP contribution in [0.15, 0.2) is 28.7 Å². The average Bonchev–Trinajstić information content (AvgIpc) is 3.26. The maximum atomic E-state index is 12.6. The topological polar surface area (TPSA) is 81.0 Å². The molecule has 1 unspecified atom stereocenters. The van der Waals surface area contributed by atoms with Crippen LogP contribution < -0.4 is 5.32 Å². The van der Waals surface area contributed by atoms with Crippen LogP contribution in [0, 0.1) is 6.92 Å². The average molecular weight is 402 g/mol. The summed E-state index contributed by atoms with van der Waals surface area (Å²) in [5.41, 5.74) is 1.17. The molecule has 0 spiro atoms. The fraction of sp³-hybridized carbons (Fsp3) is 0.545. The van der Waals surface area contributed by atoms with Gasteiger partial charge in [-0.15, -0.1) is 0 Å². The molecule has 1 N–H and O–H groups in total. The Morgan fingerprint density at radius 3 is 2.69 bits per heavy atom. The molecule has 1 atom stereocenters. The lowest BCUT2D eigenvalue weighted by atomic mass is 10.1. The van der Waals surface area contributed by atoms with Gasteiger partial charge in [-0.2, -0.15) is 0 Å². The fourth-order valence-corrected chi connectivity index (χ4v) is 3.37. The van der Waals surface area contributed by atoms with Gasteiger partial charge in [-0.3, -0.25) is 9.69 Å². The molecule has 1 aromatic heterocycles. The molecule has 7 nitrogen and oxygen atoms in total. The van der Waals surface area contributed by atoms with Crippen molar-refractivity contribution in [3.63, 3.8) is 0 Å². The number of ether oxygens (including phenoxy) is 2. The third-order valence-electron chi connectivity index (χ3n) is 4.82. The van der Waals surface area contributed by atoms with E-state index in [0.29, 0.717) is 18.9 Å². The van der Waals surface area contributed by atoms with Crippen LogP contribution in [0.25, 0.3) is 11.0 Å². The Kier molecular flexibility index (Phi) is 6.47. The van der Waals surface area contributed by atoms with Crippen LogP contribution in [0.4, 0.5) is 4.79 Å². The van der Waals surface area contributed by atoms with Gasteiger partial charge in [0.25, 0.3) is 0 Å². The maximum absolute atomic E-state index is 12.6. The number of rotatable bonds is 6. The van der Waals surface area contributed by atoms with E-state index in [2.05, 4.69) is 5.32 Å². The van der Waals surface area contributed by atoms with Gasteiger partial charge < -0.3 is 19.2 Å². The molecule has 0 bridgehead atoms. The van der Waals surface area contributed by atoms with Gasteiger partial charge >= 0.3 is 6.09 Å². The molecule has 158 valence electrons. The summed E-state index contributed by atoms with van der Waals surface area (Å²) >= 11 is 0. The summed E-state index contributed by atoms with van der Waals surface area (Å²) in [7, 11) is 0. The summed E-state index contributed by atoms with van der Waals surface area (Å²) in [6.07, 6.45) is 1.26. The minimum absolute atomic E-state index is 0.0621.